The van der Waals surface area contributed by atoms with Gasteiger partial charge in [-0.25, -0.2) is 4.79 Å². The van der Waals surface area contributed by atoms with Crippen molar-refractivity contribution < 1.29 is 9.53 Å². The second-order valence-electron chi connectivity index (χ2n) is 4.33. The molecule has 0 bridgehead atoms. The number of aryl methyl sites for hydroxylation is 1. The van der Waals surface area contributed by atoms with Crippen LogP contribution in [-0.4, -0.2) is 44.1 Å². The Morgan fingerprint density at radius 2 is 2.38 bits per heavy atom. The Kier molecular flexibility index (Phi) is 5.58. The molecule has 0 saturated heterocycles. The van der Waals surface area contributed by atoms with Gasteiger partial charge in [-0.2, -0.15) is 0 Å². The summed E-state index contributed by atoms with van der Waals surface area (Å²) >= 11 is 1.11. The van der Waals surface area contributed by atoms with Crippen molar-refractivity contribution in [2.24, 2.45) is 0 Å². The van der Waals surface area contributed by atoms with E-state index in [9.17, 15) is 4.79 Å². The molecule has 0 aliphatic rings. The number of ether oxygens (including phenoxy) is 1. The number of nitrogens with zero attached hydrogens (tertiary/aromatic N) is 5. The average molecular weight is 311 g/mol. The summed E-state index contributed by atoms with van der Waals surface area (Å²) in [6, 6.07) is -0.601. The van der Waals surface area contributed by atoms with Crippen LogP contribution in [0.15, 0.2) is 12.5 Å². The van der Waals surface area contributed by atoms with Crippen molar-refractivity contribution in [1.29, 1.82) is 0 Å². The fourth-order valence-electron chi connectivity index (χ4n) is 1.78. The first kappa shape index (κ1) is 15.3. The highest BCUT2D eigenvalue weighted by Crippen LogP contribution is 2.12. The predicted molar refractivity (Wildman–Crippen MR) is 77.0 cm³/mol. The van der Waals surface area contributed by atoms with Crippen molar-refractivity contribution >= 4 is 22.6 Å². The maximum absolute atomic E-state index is 11.8. The highest BCUT2D eigenvalue weighted by molar-refractivity contribution is 7.10. The number of amides is 2. The van der Waals surface area contributed by atoms with Crippen molar-refractivity contribution in [3.63, 3.8) is 0 Å². The SMILES string of the molecule is COCCCn1cnnc1[C@H](C)NC(=O)Nc1cnns1. The van der Waals surface area contributed by atoms with E-state index in [1.807, 2.05) is 11.5 Å². The van der Waals surface area contributed by atoms with Crippen molar-refractivity contribution in [2.75, 3.05) is 19.0 Å². The molecule has 9 nitrogen and oxygen atoms in total. The van der Waals surface area contributed by atoms with E-state index < -0.39 is 0 Å². The summed E-state index contributed by atoms with van der Waals surface area (Å²) in [7, 11) is 1.66. The van der Waals surface area contributed by atoms with Crippen LogP contribution in [0.3, 0.4) is 0 Å². The molecule has 2 aromatic rings. The minimum Gasteiger partial charge on any atom is -0.385 e. The molecule has 2 rings (SSSR count). The quantitative estimate of drug-likeness (QED) is 0.740. The van der Waals surface area contributed by atoms with E-state index in [-0.39, 0.29) is 12.1 Å². The minimum atomic E-state index is -0.333. The number of anilines is 1. The molecule has 0 radical (unpaired) electrons. The van der Waals surface area contributed by atoms with Gasteiger partial charge in [0.1, 0.15) is 11.3 Å². The van der Waals surface area contributed by atoms with Crippen LogP contribution in [0.5, 0.6) is 0 Å². The van der Waals surface area contributed by atoms with Gasteiger partial charge in [-0.1, -0.05) is 4.49 Å². The van der Waals surface area contributed by atoms with E-state index in [0.29, 0.717) is 17.4 Å². The number of rotatable bonds is 7. The number of aromatic nitrogens is 5. The highest BCUT2D eigenvalue weighted by atomic mass is 32.1. The summed E-state index contributed by atoms with van der Waals surface area (Å²) in [6.45, 7) is 3.25. The number of carbonyl (C=O) groups is 1. The zero-order chi connectivity index (χ0) is 15.1. The van der Waals surface area contributed by atoms with Crippen LogP contribution in [0.2, 0.25) is 0 Å². The second-order valence-corrected chi connectivity index (χ2v) is 5.12. The standard InChI is InChI=1S/C11H17N7O2S/c1-8(14-11(19)15-9-6-12-17-21-9)10-16-13-7-18(10)4-3-5-20-2/h6-8H,3-5H2,1-2H3,(H2,14,15,19)/t8-/m0/s1. The molecule has 0 aromatic carbocycles. The Balaban J connectivity index is 1.89. The van der Waals surface area contributed by atoms with E-state index in [0.717, 1.165) is 24.5 Å². The maximum Gasteiger partial charge on any atom is 0.320 e. The van der Waals surface area contributed by atoms with Crippen LogP contribution < -0.4 is 10.6 Å². The first-order valence-electron chi connectivity index (χ1n) is 6.42. The minimum absolute atomic E-state index is 0.268. The van der Waals surface area contributed by atoms with E-state index in [1.54, 1.807) is 13.4 Å². The van der Waals surface area contributed by atoms with Crippen LogP contribution in [0.4, 0.5) is 9.80 Å². The number of urea groups is 1. The van der Waals surface area contributed by atoms with Gasteiger partial charge >= 0.3 is 6.03 Å². The molecule has 0 fully saturated rings. The fourth-order valence-corrected chi connectivity index (χ4v) is 2.20. The lowest BCUT2D eigenvalue weighted by Gasteiger charge is -2.14. The monoisotopic (exact) mass is 311 g/mol. The molecule has 21 heavy (non-hydrogen) atoms. The summed E-state index contributed by atoms with van der Waals surface area (Å²) in [5, 5.41) is 17.6. The highest BCUT2D eigenvalue weighted by Gasteiger charge is 2.16. The Labute approximate surface area is 125 Å². The molecule has 0 saturated carbocycles. The molecule has 114 valence electrons. The first-order chi connectivity index (χ1) is 10.2. The molecule has 2 amide bonds. The molecule has 0 aliphatic heterocycles. The first-order valence-corrected chi connectivity index (χ1v) is 7.19. The van der Waals surface area contributed by atoms with Crippen molar-refractivity contribution in [3.05, 3.63) is 18.3 Å². The summed E-state index contributed by atoms with van der Waals surface area (Å²) in [6.07, 6.45) is 3.99. The fraction of sp³-hybridized carbons (Fsp3) is 0.545. The summed E-state index contributed by atoms with van der Waals surface area (Å²) in [5.74, 6) is 0.698. The maximum atomic E-state index is 11.8. The lowest BCUT2D eigenvalue weighted by Crippen LogP contribution is -2.32. The molecule has 2 aromatic heterocycles. The molecular weight excluding hydrogens is 294 g/mol. The number of carbonyl (C=O) groups excluding carboxylic acids is 1. The van der Waals surface area contributed by atoms with E-state index in [4.69, 9.17) is 4.74 Å². The molecule has 2 N–H and O–H groups in total. The van der Waals surface area contributed by atoms with Crippen LogP contribution in [0.1, 0.15) is 25.2 Å². The van der Waals surface area contributed by atoms with Crippen LogP contribution in [0, 0.1) is 0 Å². The molecule has 10 heteroatoms. The topological polar surface area (TPSA) is 107 Å². The molecule has 0 spiro atoms. The van der Waals surface area contributed by atoms with Gasteiger partial charge in [0, 0.05) is 31.8 Å². The predicted octanol–water partition coefficient (Wildman–Crippen LogP) is 1.05. The zero-order valence-corrected chi connectivity index (χ0v) is 12.6. The largest absolute Gasteiger partial charge is 0.385 e. The third-order valence-corrected chi connectivity index (χ3v) is 3.31. The molecule has 0 aliphatic carbocycles. The Bertz CT molecular complexity index is 557. The van der Waals surface area contributed by atoms with Crippen LogP contribution in [0.25, 0.3) is 0 Å². The Morgan fingerprint density at radius 3 is 3.10 bits per heavy atom. The lowest BCUT2D eigenvalue weighted by molar-refractivity contribution is 0.189. The molecular formula is C11H17N7O2S. The van der Waals surface area contributed by atoms with Gasteiger partial charge in [0.25, 0.3) is 0 Å². The summed E-state index contributed by atoms with van der Waals surface area (Å²) < 4.78 is 10.6. The van der Waals surface area contributed by atoms with Crippen molar-refractivity contribution in [2.45, 2.75) is 25.9 Å². The van der Waals surface area contributed by atoms with Crippen molar-refractivity contribution in [1.82, 2.24) is 29.7 Å². The zero-order valence-electron chi connectivity index (χ0n) is 11.8. The molecule has 2 heterocycles. The van der Waals surface area contributed by atoms with Gasteiger partial charge in [0.2, 0.25) is 0 Å². The number of hydrogen-bond acceptors (Lipinski definition) is 7. The molecule has 1 atom stereocenters. The summed E-state index contributed by atoms with van der Waals surface area (Å²) in [4.78, 5) is 11.8. The van der Waals surface area contributed by atoms with Gasteiger partial charge in [0.05, 0.1) is 12.2 Å². The Hall–Kier alpha value is -2.07. The smallest absolute Gasteiger partial charge is 0.320 e. The molecule has 0 unspecified atom stereocenters. The summed E-state index contributed by atoms with van der Waals surface area (Å²) in [5.41, 5.74) is 0. The third kappa shape index (κ3) is 4.46. The average Bonchev–Trinajstić information content (AvgIpc) is 3.10. The second kappa shape index (κ2) is 7.64. The van der Waals surface area contributed by atoms with E-state index in [2.05, 4.69) is 30.4 Å². The third-order valence-electron chi connectivity index (χ3n) is 2.73. The number of hydrogen-bond donors (Lipinski definition) is 2. The van der Waals surface area contributed by atoms with E-state index >= 15 is 0 Å². The number of nitrogens with one attached hydrogen (secondary N) is 2. The lowest BCUT2D eigenvalue weighted by atomic mass is 10.3. The van der Waals surface area contributed by atoms with Gasteiger partial charge < -0.3 is 14.6 Å². The van der Waals surface area contributed by atoms with Gasteiger partial charge in [0.15, 0.2) is 5.82 Å². The van der Waals surface area contributed by atoms with Gasteiger partial charge in [-0.05, 0) is 13.3 Å². The van der Waals surface area contributed by atoms with Gasteiger partial charge in [-0.15, -0.1) is 15.3 Å². The Morgan fingerprint density at radius 1 is 1.52 bits per heavy atom. The van der Waals surface area contributed by atoms with Crippen LogP contribution in [-0.2, 0) is 11.3 Å². The number of methoxy groups -OCH3 is 1. The van der Waals surface area contributed by atoms with Crippen molar-refractivity contribution in [3.8, 4) is 0 Å². The normalized spacial score (nSPS) is 12.1. The van der Waals surface area contributed by atoms with E-state index in [1.165, 1.54) is 6.20 Å². The van der Waals surface area contributed by atoms with Gasteiger partial charge in [-0.3, -0.25) is 5.32 Å². The van der Waals surface area contributed by atoms with Crippen LogP contribution >= 0.6 is 11.5 Å².